The van der Waals surface area contributed by atoms with Crippen molar-refractivity contribution in [2.45, 2.75) is 33.2 Å². The molecule has 1 rings (SSSR count). The maximum atomic E-state index is 11.7. The maximum absolute atomic E-state index is 11.7. The zero-order chi connectivity index (χ0) is 11.3. The van der Waals surface area contributed by atoms with Crippen LogP contribution in [0.2, 0.25) is 0 Å². The third kappa shape index (κ3) is 3.38. The smallest absolute Gasteiger partial charge is 0.329 e. The molecule has 1 atom stereocenters. The molecule has 4 nitrogen and oxygen atoms in total. The fourth-order valence-corrected chi connectivity index (χ4v) is 1.48. The molecule has 1 aromatic heterocycles. The summed E-state index contributed by atoms with van der Waals surface area (Å²) in [7, 11) is 0. The van der Waals surface area contributed by atoms with Crippen LogP contribution < -0.4 is 0 Å². The van der Waals surface area contributed by atoms with E-state index in [0.29, 0.717) is 12.5 Å². The molecule has 1 heterocycles. The van der Waals surface area contributed by atoms with E-state index in [4.69, 9.17) is 4.74 Å². The van der Waals surface area contributed by atoms with Gasteiger partial charge in [-0.25, -0.2) is 9.78 Å². The number of carbonyl (C=O) groups is 1. The maximum Gasteiger partial charge on any atom is 0.329 e. The fourth-order valence-electron chi connectivity index (χ4n) is 1.48. The minimum atomic E-state index is -0.243. The molecular formula is C11H18N2O2. The van der Waals surface area contributed by atoms with E-state index < -0.39 is 0 Å². The standard InChI is InChI=1S/C11H18N2O2/c1-4-15-11(14)10(7-9(2)3)13-6-5-12-8-13/h5-6,8-10H,4,7H2,1-3H3/t10-/m0/s1. The number of aromatic nitrogens is 2. The summed E-state index contributed by atoms with van der Waals surface area (Å²) in [6.45, 7) is 6.41. The minimum Gasteiger partial charge on any atom is -0.464 e. The molecule has 0 amide bonds. The predicted molar refractivity (Wildman–Crippen MR) is 57.4 cm³/mol. The monoisotopic (exact) mass is 210 g/mol. The molecular weight excluding hydrogens is 192 g/mol. The van der Waals surface area contributed by atoms with E-state index in [1.54, 1.807) is 23.3 Å². The minimum absolute atomic E-state index is 0.177. The zero-order valence-corrected chi connectivity index (χ0v) is 9.51. The summed E-state index contributed by atoms with van der Waals surface area (Å²) < 4.78 is 6.84. The highest BCUT2D eigenvalue weighted by Gasteiger charge is 2.22. The predicted octanol–water partition coefficient (Wildman–Crippen LogP) is 2.03. The summed E-state index contributed by atoms with van der Waals surface area (Å²) in [5.74, 6) is 0.269. The van der Waals surface area contributed by atoms with E-state index >= 15 is 0 Å². The third-order valence-corrected chi connectivity index (χ3v) is 2.14. The average Bonchev–Trinajstić information content (AvgIpc) is 2.66. The molecule has 0 aliphatic rings. The number of imidazole rings is 1. The van der Waals surface area contributed by atoms with Gasteiger partial charge in [0.25, 0.3) is 0 Å². The lowest BCUT2D eigenvalue weighted by Crippen LogP contribution is -2.22. The highest BCUT2D eigenvalue weighted by Crippen LogP contribution is 2.18. The first-order valence-corrected chi connectivity index (χ1v) is 5.29. The third-order valence-electron chi connectivity index (χ3n) is 2.14. The van der Waals surface area contributed by atoms with E-state index in [9.17, 15) is 4.79 Å². The van der Waals surface area contributed by atoms with Crippen molar-refractivity contribution < 1.29 is 9.53 Å². The SMILES string of the molecule is CCOC(=O)[C@H](CC(C)C)n1ccnc1. The van der Waals surface area contributed by atoms with Crippen molar-refractivity contribution >= 4 is 5.97 Å². The second-order valence-electron chi connectivity index (χ2n) is 3.91. The molecule has 4 heteroatoms. The van der Waals surface area contributed by atoms with E-state index in [0.717, 1.165) is 6.42 Å². The van der Waals surface area contributed by atoms with Gasteiger partial charge >= 0.3 is 5.97 Å². The molecule has 0 bridgehead atoms. The van der Waals surface area contributed by atoms with Crippen LogP contribution in [0.5, 0.6) is 0 Å². The lowest BCUT2D eigenvalue weighted by molar-refractivity contribution is -0.147. The Kier molecular flexibility index (Phi) is 4.34. The highest BCUT2D eigenvalue weighted by molar-refractivity contribution is 5.74. The van der Waals surface area contributed by atoms with Gasteiger partial charge in [-0.3, -0.25) is 0 Å². The number of nitrogens with zero attached hydrogens (tertiary/aromatic N) is 2. The van der Waals surface area contributed by atoms with Crippen LogP contribution in [0.4, 0.5) is 0 Å². The number of esters is 1. The number of ether oxygens (including phenoxy) is 1. The van der Waals surface area contributed by atoms with Crippen LogP contribution in [-0.4, -0.2) is 22.1 Å². The van der Waals surface area contributed by atoms with Gasteiger partial charge in [0, 0.05) is 12.4 Å². The zero-order valence-electron chi connectivity index (χ0n) is 9.51. The average molecular weight is 210 g/mol. The molecule has 0 aliphatic heterocycles. The summed E-state index contributed by atoms with van der Waals surface area (Å²) in [4.78, 5) is 15.7. The van der Waals surface area contributed by atoms with Crippen LogP contribution in [0.15, 0.2) is 18.7 Å². The van der Waals surface area contributed by atoms with Gasteiger partial charge in [-0.15, -0.1) is 0 Å². The van der Waals surface area contributed by atoms with Crippen LogP contribution in [0.3, 0.4) is 0 Å². The van der Waals surface area contributed by atoms with Crippen molar-refractivity contribution in [3.05, 3.63) is 18.7 Å². The first kappa shape index (κ1) is 11.8. The summed E-state index contributed by atoms with van der Waals surface area (Å²) in [5, 5.41) is 0. The van der Waals surface area contributed by atoms with Crippen molar-refractivity contribution in [1.29, 1.82) is 0 Å². The molecule has 0 spiro atoms. The number of carbonyl (C=O) groups excluding carboxylic acids is 1. The molecule has 0 aromatic carbocycles. The number of hydrogen-bond acceptors (Lipinski definition) is 3. The molecule has 0 fully saturated rings. The first-order valence-electron chi connectivity index (χ1n) is 5.29. The summed E-state index contributed by atoms with van der Waals surface area (Å²) in [5.41, 5.74) is 0. The van der Waals surface area contributed by atoms with Gasteiger partial charge in [-0.1, -0.05) is 13.8 Å². The van der Waals surface area contributed by atoms with Crippen molar-refractivity contribution in [2.24, 2.45) is 5.92 Å². The van der Waals surface area contributed by atoms with Crippen LogP contribution in [0, 0.1) is 5.92 Å². The van der Waals surface area contributed by atoms with Crippen LogP contribution >= 0.6 is 0 Å². The summed E-state index contributed by atoms with van der Waals surface area (Å²) in [6, 6.07) is -0.243. The second-order valence-corrected chi connectivity index (χ2v) is 3.91. The topological polar surface area (TPSA) is 44.1 Å². The molecule has 84 valence electrons. The van der Waals surface area contributed by atoms with Crippen LogP contribution in [0.25, 0.3) is 0 Å². The van der Waals surface area contributed by atoms with Crippen LogP contribution in [-0.2, 0) is 9.53 Å². The van der Waals surface area contributed by atoms with Gasteiger partial charge in [-0.2, -0.15) is 0 Å². The Balaban J connectivity index is 2.74. The molecule has 15 heavy (non-hydrogen) atoms. The van der Waals surface area contributed by atoms with Crippen molar-refractivity contribution in [1.82, 2.24) is 9.55 Å². The van der Waals surface area contributed by atoms with Crippen molar-refractivity contribution in [2.75, 3.05) is 6.61 Å². The van der Waals surface area contributed by atoms with Gasteiger partial charge in [-0.05, 0) is 19.3 Å². The summed E-state index contributed by atoms with van der Waals surface area (Å²) in [6.07, 6.45) is 5.90. The molecule has 0 saturated heterocycles. The fraction of sp³-hybridized carbons (Fsp3) is 0.636. The molecule has 0 saturated carbocycles. The van der Waals surface area contributed by atoms with E-state index in [2.05, 4.69) is 18.8 Å². The Morgan fingerprint density at radius 3 is 2.73 bits per heavy atom. The van der Waals surface area contributed by atoms with Crippen molar-refractivity contribution in [3.63, 3.8) is 0 Å². The Hall–Kier alpha value is -1.32. The first-order chi connectivity index (χ1) is 7.15. The normalized spacial score (nSPS) is 12.8. The largest absolute Gasteiger partial charge is 0.464 e. The van der Waals surface area contributed by atoms with Gasteiger partial charge in [0.15, 0.2) is 0 Å². The van der Waals surface area contributed by atoms with Gasteiger partial charge in [0.2, 0.25) is 0 Å². The van der Waals surface area contributed by atoms with Crippen LogP contribution in [0.1, 0.15) is 33.2 Å². The van der Waals surface area contributed by atoms with E-state index in [1.807, 2.05) is 6.92 Å². The molecule has 0 aliphatic carbocycles. The summed E-state index contributed by atoms with van der Waals surface area (Å²) >= 11 is 0. The van der Waals surface area contributed by atoms with Crippen molar-refractivity contribution in [3.8, 4) is 0 Å². The number of rotatable bonds is 5. The Morgan fingerprint density at radius 2 is 2.27 bits per heavy atom. The molecule has 1 aromatic rings. The highest BCUT2D eigenvalue weighted by atomic mass is 16.5. The van der Waals surface area contributed by atoms with Gasteiger partial charge in [0.05, 0.1) is 12.9 Å². The Morgan fingerprint density at radius 1 is 1.53 bits per heavy atom. The van der Waals surface area contributed by atoms with E-state index in [-0.39, 0.29) is 12.0 Å². The Labute approximate surface area is 90.3 Å². The lowest BCUT2D eigenvalue weighted by Gasteiger charge is -2.18. The Bertz CT molecular complexity index is 294. The van der Waals surface area contributed by atoms with Gasteiger partial charge in [0.1, 0.15) is 6.04 Å². The van der Waals surface area contributed by atoms with Gasteiger partial charge < -0.3 is 9.30 Å². The lowest BCUT2D eigenvalue weighted by atomic mass is 10.0. The quantitative estimate of drug-likeness (QED) is 0.698. The molecule has 0 N–H and O–H groups in total. The number of hydrogen-bond donors (Lipinski definition) is 0. The molecule has 0 radical (unpaired) electrons. The van der Waals surface area contributed by atoms with E-state index in [1.165, 1.54) is 0 Å². The second kappa shape index (κ2) is 5.53. The molecule has 0 unspecified atom stereocenters.